The molecule has 4 aromatic rings. The SMILES string of the molecule is CCOc1ccc(-c2nn(-c3ccccc3)cc2/C=C2\C(=O)N(C3CCS(=O)(=O)C3)C(=O)C(C#N)=C2c2ccccc2)cc1F. The number of imide groups is 1. The second-order valence-corrected chi connectivity index (χ2v) is 12.8. The third-order valence-electron chi connectivity index (χ3n) is 7.72. The van der Waals surface area contributed by atoms with E-state index in [-0.39, 0.29) is 47.0 Å². The van der Waals surface area contributed by atoms with Crippen LogP contribution in [0, 0.1) is 17.1 Å². The number of sulfone groups is 1. The van der Waals surface area contributed by atoms with Crippen LogP contribution >= 0.6 is 0 Å². The van der Waals surface area contributed by atoms with Crippen molar-refractivity contribution >= 4 is 33.3 Å². The van der Waals surface area contributed by atoms with Gasteiger partial charge in [-0.3, -0.25) is 14.5 Å². The molecule has 9 nitrogen and oxygen atoms in total. The quantitative estimate of drug-likeness (QED) is 0.210. The molecular weight excluding hydrogens is 595 g/mol. The molecule has 1 saturated heterocycles. The lowest BCUT2D eigenvalue weighted by molar-refractivity contribution is -0.142. The number of rotatable bonds is 7. The van der Waals surface area contributed by atoms with Crippen molar-refractivity contribution in [1.29, 1.82) is 5.26 Å². The van der Waals surface area contributed by atoms with Crippen molar-refractivity contribution in [3.05, 3.63) is 113 Å². The third kappa shape index (κ3) is 5.68. The molecule has 0 radical (unpaired) electrons. The summed E-state index contributed by atoms with van der Waals surface area (Å²) in [5.41, 5.74) is 2.17. The Morgan fingerprint density at radius 2 is 1.73 bits per heavy atom. The normalized spacial score (nSPS) is 18.8. The summed E-state index contributed by atoms with van der Waals surface area (Å²) in [6, 6.07) is 23.3. The second-order valence-electron chi connectivity index (χ2n) is 10.6. The summed E-state index contributed by atoms with van der Waals surface area (Å²) in [5.74, 6) is -2.61. The largest absolute Gasteiger partial charge is 0.491 e. The Morgan fingerprint density at radius 1 is 1.02 bits per heavy atom. The van der Waals surface area contributed by atoms with Gasteiger partial charge in [-0.1, -0.05) is 48.5 Å². The minimum atomic E-state index is -3.46. The molecular formula is C34H27FN4O5S. The number of aromatic nitrogens is 2. The van der Waals surface area contributed by atoms with Crippen LogP contribution in [0.3, 0.4) is 0 Å². The molecule has 6 rings (SSSR count). The maximum Gasteiger partial charge on any atom is 0.272 e. The van der Waals surface area contributed by atoms with Crippen molar-refractivity contribution in [3.63, 3.8) is 0 Å². The van der Waals surface area contributed by atoms with E-state index in [0.29, 0.717) is 28.1 Å². The number of halogens is 1. The molecule has 3 heterocycles. The number of nitrogens with zero attached hydrogens (tertiary/aromatic N) is 4. The van der Waals surface area contributed by atoms with Gasteiger partial charge in [-0.15, -0.1) is 0 Å². The number of benzene rings is 3. The van der Waals surface area contributed by atoms with Gasteiger partial charge in [0.05, 0.1) is 35.4 Å². The molecule has 1 fully saturated rings. The molecule has 1 atom stereocenters. The fraction of sp³-hybridized carbons (Fsp3) is 0.176. The van der Waals surface area contributed by atoms with Crippen LogP contribution in [0.25, 0.3) is 28.6 Å². The van der Waals surface area contributed by atoms with Crippen molar-refractivity contribution in [2.75, 3.05) is 18.1 Å². The second kappa shape index (κ2) is 12.0. The number of ether oxygens (including phenoxy) is 1. The number of carbonyl (C=O) groups is 2. The highest BCUT2D eigenvalue weighted by Gasteiger charge is 2.45. The first kappa shape index (κ1) is 29.7. The van der Waals surface area contributed by atoms with Gasteiger partial charge in [-0.25, -0.2) is 17.5 Å². The van der Waals surface area contributed by atoms with Crippen molar-refractivity contribution in [3.8, 4) is 28.8 Å². The van der Waals surface area contributed by atoms with Crippen molar-refractivity contribution < 1.29 is 27.1 Å². The highest BCUT2D eigenvalue weighted by Crippen LogP contribution is 2.38. The van der Waals surface area contributed by atoms with E-state index in [9.17, 15) is 23.3 Å². The fourth-order valence-corrected chi connectivity index (χ4v) is 7.35. The zero-order valence-corrected chi connectivity index (χ0v) is 25.0. The molecule has 2 amide bonds. The molecule has 11 heteroatoms. The summed E-state index contributed by atoms with van der Waals surface area (Å²) < 4.78 is 46.7. The molecule has 0 bridgehead atoms. The van der Waals surface area contributed by atoms with E-state index in [2.05, 4.69) is 0 Å². The van der Waals surface area contributed by atoms with Crippen LogP contribution in [0.5, 0.6) is 5.75 Å². The number of amides is 2. The maximum absolute atomic E-state index is 15.0. The molecule has 1 unspecified atom stereocenters. The predicted octanol–water partition coefficient (Wildman–Crippen LogP) is 4.99. The van der Waals surface area contributed by atoms with Gasteiger partial charge >= 0.3 is 0 Å². The monoisotopic (exact) mass is 622 g/mol. The van der Waals surface area contributed by atoms with Crippen LogP contribution in [-0.2, 0) is 19.4 Å². The number of para-hydroxylation sites is 1. The lowest BCUT2D eigenvalue weighted by Crippen LogP contribution is -2.49. The summed E-state index contributed by atoms with van der Waals surface area (Å²) in [5, 5.41) is 15.0. The van der Waals surface area contributed by atoms with Crippen molar-refractivity contribution in [2.45, 2.75) is 19.4 Å². The molecule has 3 aromatic carbocycles. The van der Waals surface area contributed by atoms with Crippen LogP contribution in [0.1, 0.15) is 24.5 Å². The Balaban J connectivity index is 1.59. The van der Waals surface area contributed by atoms with Crippen LogP contribution in [-0.4, -0.2) is 59.1 Å². The number of carbonyl (C=O) groups excluding carboxylic acids is 2. The third-order valence-corrected chi connectivity index (χ3v) is 9.47. The first-order valence-electron chi connectivity index (χ1n) is 14.3. The minimum Gasteiger partial charge on any atom is -0.491 e. The number of nitriles is 1. The number of hydrogen-bond donors (Lipinski definition) is 0. The van der Waals surface area contributed by atoms with E-state index in [1.54, 1.807) is 54.2 Å². The lowest BCUT2D eigenvalue weighted by atomic mass is 9.86. The van der Waals surface area contributed by atoms with Crippen LogP contribution in [0.4, 0.5) is 4.39 Å². The van der Waals surface area contributed by atoms with Crippen LogP contribution in [0.15, 0.2) is 96.2 Å². The minimum absolute atomic E-state index is 0.0157. The first-order valence-corrected chi connectivity index (χ1v) is 16.1. The zero-order chi connectivity index (χ0) is 31.7. The van der Waals surface area contributed by atoms with E-state index in [0.717, 1.165) is 4.90 Å². The molecule has 0 spiro atoms. The predicted molar refractivity (Wildman–Crippen MR) is 166 cm³/mol. The summed E-state index contributed by atoms with van der Waals surface area (Å²) in [6.07, 6.45) is 3.28. The van der Waals surface area contributed by atoms with Gasteiger partial charge in [-0.2, -0.15) is 10.4 Å². The fourth-order valence-electron chi connectivity index (χ4n) is 5.65. The molecule has 2 aliphatic heterocycles. The highest BCUT2D eigenvalue weighted by atomic mass is 32.2. The van der Waals surface area contributed by atoms with Gasteiger partial charge < -0.3 is 4.74 Å². The van der Waals surface area contributed by atoms with E-state index in [1.165, 1.54) is 18.2 Å². The van der Waals surface area contributed by atoms with E-state index in [4.69, 9.17) is 9.84 Å². The Bertz CT molecular complexity index is 2030. The van der Waals surface area contributed by atoms with Gasteiger partial charge in [-0.05, 0) is 55.3 Å². The zero-order valence-electron chi connectivity index (χ0n) is 24.2. The molecule has 0 saturated carbocycles. The molecule has 1 aromatic heterocycles. The summed E-state index contributed by atoms with van der Waals surface area (Å²) >= 11 is 0. The number of hydrogen-bond acceptors (Lipinski definition) is 7. The molecule has 0 N–H and O–H groups in total. The summed E-state index contributed by atoms with van der Waals surface area (Å²) in [6.45, 7) is 2.04. The van der Waals surface area contributed by atoms with Gasteiger partial charge in [0.1, 0.15) is 17.3 Å². The average molecular weight is 623 g/mol. The Labute approximate surface area is 259 Å². The van der Waals surface area contributed by atoms with E-state index >= 15 is 4.39 Å². The smallest absolute Gasteiger partial charge is 0.272 e. The standard InChI is InChI=1S/C34H27FN4O5S/c1-2-44-30-14-13-23(18-29(30)35)32-24(20-38(37-32)25-11-7-4-8-12-25)17-27-31(22-9-5-3-6-10-22)28(19-36)34(41)39(33(27)40)26-15-16-45(42,43)21-26/h3-14,17-18,20,26H,2,15-16,21H2,1H3/b27-17-. The topological polar surface area (TPSA) is 122 Å². The van der Waals surface area contributed by atoms with Crippen LogP contribution < -0.4 is 4.74 Å². The van der Waals surface area contributed by atoms with E-state index < -0.39 is 33.5 Å². The van der Waals surface area contributed by atoms with Gasteiger partial charge in [0.15, 0.2) is 21.4 Å². The van der Waals surface area contributed by atoms with Gasteiger partial charge in [0.2, 0.25) is 0 Å². The Kier molecular flexibility index (Phi) is 7.91. The average Bonchev–Trinajstić information content (AvgIpc) is 3.63. The van der Waals surface area contributed by atoms with Crippen molar-refractivity contribution in [2.24, 2.45) is 0 Å². The highest BCUT2D eigenvalue weighted by molar-refractivity contribution is 7.91. The van der Waals surface area contributed by atoms with Gasteiger partial charge in [0, 0.05) is 22.9 Å². The maximum atomic E-state index is 15.0. The van der Waals surface area contributed by atoms with Gasteiger partial charge in [0.25, 0.3) is 11.8 Å². The molecule has 226 valence electrons. The Morgan fingerprint density at radius 3 is 2.36 bits per heavy atom. The van der Waals surface area contributed by atoms with Crippen molar-refractivity contribution in [1.82, 2.24) is 14.7 Å². The Hall–Kier alpha value is -5.34. The van der Waals surface area contributed by atoms with E-state index in [1.807, 2.05) is 36.4 Å². The lowest BCUT2D eigenvalue weighted by Gasteiger charge is -2.32. The molecule has 0 aliphatic carbocycles. The summed E-state index contributed by atoms with van der Waals surface area (Å²) in [7, 11) is -3.46. The first-order chi connectivity index (χ1) is 21.7. The molecule has 2 aliphatic rings. The summed E-state index contributed by atoms with van der Waals surface area (Å²) in [4.78, 5) is 28.9. The molecule has 45 heavy (non-hydrogen) atoms. The van der Waals surface area contributed by atoms with Crippen LogP contribution in [0.2, 0.25) is 0 Å².